The van der Waals surface area contributed by atoms with E-state index in [0.29, 0.717) is 38.7 Å². The normalized spacial score (nSPS) is 11.2. The molecule has 0 aliphatic rings. The van der Waals surface area contributed by atoms with E-state index < -0.39 is 0 Å². The third-order valence-electron chi connectivity index (χ3n) is 4.30. The number of thioether (sulfide) groups is 1. The summed E-state index contributed by atoms with van der Waals surface area (Å²) in [5.74, 6) is 1.31. The van der Waals surface area contributed by atoms with Gasteiger partial charge in [0.2, 0.25) is 11.7 Å². The van der Waals surface area contributed by atoms with Gasteiger partial charge in [-0.3, -0.25) is 4.79 Å². The van der Waals surface area contributed by atoms with Crippen LogP contribution < -0.4 is 5.56 Å². The molecule has 30 heavy (non-hydrogen) atoms. The molecule has 5 aromatic rings. The molecule has 0 atom stereocenters. The molecule has 0 aliphatic carbocycles. The number of nitrogens with one attached hydrogen (secondary N) is 1. The van der Waals surface area contributed by atoms with E-state index in [2.05, 4.69) is 25.2 Å². The summed E-state index contributed by atoms with van der Waals surface area (Å²) in [6, 6.07) is 16.7. The summed E-state index contributed by atoms with van der Waals surface area (Å²) in [7, 11) is 0. The molecule has 0 amide bonds. The number of aromatic nitrogens is 6. The molecule has 5 rings (SSSR count). The number of aromatic amines is 1. The van der Waals surface area contributed by atoms with E-state index in [1.54, 1.807) is 16.8 Å². The van der Waals surface area contributed by atoms with Crippen LogP contribution in [0.3, 0.4) is 0 Å². The van der Waals surface area contributed by atoms with Crippen molar-refractivity contribution in [1.29, 1.82) is 0 Å². The zero-order chi connectivity index (χ0) is 20.5. The van der Waals surface area contributed by atoms with Gasteiger partial charge >= 0.3 is 0 Å². The van der Waals surface area contributed by atoms with Crippen molar-refractivity contribution in [2.45, 2.75) is 10.9 Å². The van der Waals surface area contributed by atoms with Crippen molar-refractivity contribution in [2.24, 2.45) is 0 Å². The molecule has 0 unspecified atom stereocenters. The van der Waals surface area contributed by atoms with Gasteiger partial charge in [0.25, 0.3) is 5.56 Å². The van der Waals surface area contributed by atoms with Crippen molar-refractivity contribution in [3.05, 3.63) is 82.1 Å². The van der Waals surface area contributed by atoms with E-state index in [1.165, 1.54) is 18.0 Å². The SMILES string of the molecule is O=c1[nH]c(SCc2nc(-c3ccccc3)no2)nc2c1cnn2-c1cccc(Cl)c1. The van der Waals surface area contributed by atoms with Gasteiger partial charge in [-0.1, -0.05) is 64.9 Å². The number of benzene rings is 2. The fourth-order valence-electron chi connectivity index (χ4n) is 2.91. The standard InChI is InChI=1S/C20H13ClN6O2S/c21-13-7-4-8-14(9-13)27-18-15(10-22-27)19(28)25-20(24-18)30-11-16-23-17(26-29-16)12-5-2-1-3-6-12/h1-10H,11H2,(H,24,25,28). The lowest BCUT2D eigenvalue weighted by molar-refractivity contribution is 0.391. The van der Waals surface area contributed by atoms with Crippen molar-refractivity contribution < 1.29 is 4.52 Å². The minimum absolute atomic E-state index is 0.272. The molecule has 0 spiro atoms. The fraction of sp³-hybridized carbons (Fsp3) is 0.0500. The molecule has 0 saturated carbocycles. The highest BCUT2D eigenvalue weighted by Gasteiger charge is 2.14. The lowest BCUT2D eigenvalue weighted by atomic mass is 10.2. The Morgan fingerprint density at radius 2 is 1.97 bits per heavy atom. The number of fused-ring (bicyclic) bond motifs is 1. The maximum Gasteiger partial charge on any atom is 0.262 e. The first-order valence-electron chi connectivity index (χ1n) is 8.92. The molecule has 0 bridgehead atoms. The summed E-state index contributed by atoms with van der Waals surface area (Å²) >= 11 is 7.37. The third-order valence-corrected chi connectivity index (χ3v) is 5.39. The predicted octanol–water partition coefficient (Wildman–Crippen LogP) is 4.10. The van der Waals surface area contributed by atoms with Gasteiger partial charge in [0.1, 0.15) is 5.39 Å². The number of halogens is 1. The second-order valence-electron chi connectivity index (χ2n) is 6.31. The molecule has 0 radical (unpaired) electrons. The van der Waals surface area contributed by atoms with Crippen molar-refractivity contribution in [3.8, 4) is 17.1 Å². The molecule has 1 N–H and O–H groups in total. The minimum Gasteiger partial charge on any atom is -0.338 e. The molecule has 0 saturated heterocycles. The molecule has 8 nitrogen and oxygen atoms in total. The lowest BCUT2D eigenvalue weighted by Gasteiger charge is -2.04. The number of rotatable bonds is 5. The number of nitrogens with zero attached hydrogens (tertiary/aromatic N) is 5. The van der Waals surface area contributed by atoms with E-state index in [0.717, 1.165) is 11.3 Å². The van der Waals surface area contributed by atoms with Crippen LogP contribution in [0.1, 0.15) is 5.89 Å². The Hall–Kier alpha value is -3.43. The lowest BCUT2D eigenvalue weighted by Crippen LogP contribution is -2.09. The average molecular weight is 437 g/mol. The van der Waals surface area contributed by atoms with Gasteiger partial charge < -0.3 is 9.51 Å². The molecule has 0 aliphatic heterocycles. The Balaban J connectivity index is 1.42. The van der Waals surface area contributed by atoms with E-state index in [1.807, 2.05) is 42.5 Å². The Kier molecular flexibility index (Phi) is 4.82. The topological polar surface area (TPSA) is 102 Å². The molecule has 10 heteroatoms. The van der Waals surface area contributed by atoms with Crippen molar-refractivity contribution >= 4 is 34.4 Å². The summed E-state index contributed by atoms with van der Waals surface area (Å²) in [5.41, 5.74) is 1.76. The smallest absolute Gasteiger partial charge is 0.262 e. The van der Waals surface area contributed by atoms with Gasteiger partial charge in [0.15, 0.2) is 10.8 Å². The average Bonchev–Trinajstić information content (AvgIpc) is 3.40. The molecule has 3 aromatic heterocycles. The summed E-state index contributed by atoms with van der Waals surface area (Å²) in [6.45, 7) is 0. The number of H-pyrrole nitrogens is 1. The van der Waals surface area contributed by atoms with Crippen LogP contribution in [0.15, 0.2) is 75.3 Å². The summed E-state index contributed by atoms with van der Waals surface area (Å²) in [4.78, 5) is 24.2. The van der Waals surface area contributed by atoms with Gasteiger partial charge in [-0.05, 0) is 18.2 Å². The van der Waals surface area contributed by atoms with Gasteiger partial charge in [-0.2, -0.15) is 10.1 Å². The van der Waals surface area contributed by atoms with E-state index in [-0.39, 0.29) is 5.56 Å². The monoisotopic (exact) mass is 436 g/mol. The maximum absolute atomic E-state index is 12.5. The van der Waals surface area contributed by atoms with Crippen LogP contribution in [0.2, 0.25) is 5.02 Å². The van der Waals surface area contributed by atoms with Gasteiger partial charge in [-0.25, -0.2) is 9.67 Å². The van der Waals surface area contributed by atoms with Crippen LogP contribution >= 0.6 is 23.4 Å². The Labute approximate surface area is 178 Å². The van der Waals surface area contributed by atoms with Crippen molar-refractivity contribution in [2.75, 3.05) is 0 Å². The molecular formula is C20H13ClN6O2S. The number of hydrogen-bond donors (Lipinski definition) is 1. The van der Waals surface area contributed by atoms with E-state index >= 15 is 0 Å². The van der Waals surface area contributed by atoms with Crippen LogP contribution in [0.25, 0.3) is 28.1 Å². The second-order valence-corrected chi connectivity index (χ2v) is 7.71. The predicted molar refractivity (Wildman–Crippen MR) is 114 cm³/mol. The number of hydrogen-bond acceptors (Lipinski definition) is 7. The highest BCUT2D eigenvalue weighted by atomic mass is 35.5. The molecule has 3 heterocycles. The highest BCUT2D eigenvalue weighted by molar-refractivity contribution is 7.98. The largest absolute Gasteiger partial charge is 0.338 e. The van der Waals surface area contributed by atoms with Gasteiger partial charge in [-0.15, -0.1) is 0 Å². The van der Waals surface area contributed by atoms with Crippen LogP contribution in [-0.4, -0.2) is 29.9 Å². The Morgan fingerprint density at radius 3 is 2.80 bits per heavy atom. The summed E-state index contributed by atoms with van der Waals surface area (Å²) in [5, 5.41) is 9.68. The Bertz CT molecular complexity index is 1400. The molecule has 0 fully saturated rings. The molecule has 2 aromatic carbocycles. The van der Waals surface area contributed by atoms with Crippen LogP contribution in [0, 0.1) is 0 Å². The first kappa shape index (κ1) is 18.6. The van der Waals surface area contributed by atoms with Crippen molar-refractivity contribution in [1.82, 2.24) is 29.9 Å². The maximum atomic E-state index is 12.5. The first-order valence-corrected chi connectivity index (χ1v) is 10.3. The summed E-state index contributed by atoms with van der Waals surface area (Å²) in [6.07, 6.45) is 1.49. The van der Waals surface area contributed by atoms with Gasteiger partial charge in [0.05, 0.1) is 17.6 Å². The molecule has 148 valence electrons. The van der Waals surface area contributed by atoms with Crippen molar-refractivity contribution in [3.63, 3.8) is 0 Å². The summed E-state index contributed by atoms with van der Waals surface area (Å²) < 4.78 is 6.90. The van der Waals surface area contributed by atoms with Gasteiger partial charge in [0, 0.05) is 10.6 Å². The second kappa shape index (κ2) is 7.77. The Morgan fingerprint density at radius 1 is 1.10 bits per heavy atom. The van der Waals surface area contributed by atoms with Crippen LogP contribution in [0.4, 0.5) is 0 Å². The zero-order valence-electron chi connectivity index (χ0n) is 15.3. The minimum atomic E-state index is -0.272. The van der Waals surface area contributed by atoms with E-state index in [4.69, 9.17) is 16.1 Å². The van der Waals surface area contributed by atoms with E-state index in [9.17, 15) is 4.79 Å². The highest BCUT2D eigenvalue weighted by Crippen LogP contribution is 2.23. The third kappa shape index (κ3) is 3.60. The fourth-order valence-corrected chi connectivity index (χ4v) is 3.79. The van der Waals surface area contributed by atoms with Crippen LogP contribution in [0.5, 0.6) is 0 Å². The zero-order valence-corrected chi connectivity index (χ0v) is 16.9. The van der Waals surface area contributed by atoms with Crippen LogP contribution in [-0.2, 0) is 5.75 Å². The molecular weight excluding hydrogens is 424 g/mol. The first-order chi connectivity index (χ1) is 14.7. The quantitative estimate of drug-likeness (QED) is 0.326.